The molecule has 13 rings (SSSR count). The lowest BCUT2D eigenvalue weighted by atomic mass is 9.80. The molecular formula is C60H46N2. The van der Waals surface area contributed by atoms with Gasteiger partial charge in [0.25, 0.3) is 0 Å². The van der Waals surface area contributed by atoms with Crippen molar-refractivity contribution in [2.75, 3.05) is 9.80 Å². The molecule has 0 radical (unpaired) electrons. The fraction of sp³-hybridized carbons (Fsp3) is 0.133. The number of anilines is 5. The first-order valence-electron chi connectivity index (χ1n) is 22.2. The zero-order valence-corrected chi connectivity index (χ0v) is 35.5. The maximum Gasteiger partial charge on any atom is 0.0623 e. The lowest BCUT2D eigenvalue weighted by molar-refractivity contribution is 0.661. The molecule has 0 aromatic heterocycles. The van der Waals surface area contributed by atoms with E-state index in [1.165, 1.54) is 111 Å². The lowest BCUT2D eigenvalue weighted by Crippen LogP contribution is -2.35. The van der Waals surface area contributed by atoms with Gasteiger partial charge in [0.15, 0.2) is 0 Å². The summed E-state index contributed by atoms with van der Waals surface area (Å²) in [6, 6.07) is 55.5. The van der Waals surface area contributed by atoms with Crippen molar-refractivity contribution in [3.05, 3.63) is 215 Å². The maximum atomic E-state index is 2.71. The summed E-state index contributed by atoms with van der Waals surface area (Å²) in [5, 5.41) is 5.03. The zero-order chi connectivity index (χ0) is 41.5. The van der Waals surface area contributed by atoms with Crippen molar-refractivity contribution < 1.29 is 0 Å². The normalized spacial score (nSPS) is 18.9. The fourth-order valence-corrected chi connectivity index (χ4v) is 11.8. The van der Waals surface area contributed by atoms with Gasteiger partial charge in [-0.2, -0.15) is 0 Å². The number of fused-ring (bicyclic) bond motifs is 12. The van der Waals surface area contributed by atoms with Crippen LogP contribution in [0.4, 0.5) is 28.4 Å². The van der Waals surface area contributed by atoms with Gasteiger partial charge in [-0.15, -0.1) is 0 Å². The molecule has 2 nitrogen and oxygen atoms in total. The van der Waals surface area contributed by atoms with Crippen molar-refractivity contribution in [1.29, 1.82) is 0 Å². The summed E-state index contributed by atoms with van der Waals surface area (Å²) in [7, 11) is 0. The van der Waals surface area contributed by atoms with E-state index in [9.17, 15) is 0 Å². The van der Waals surface area contributed by atoms with Crippen molar-refractivity contribution in [3.8, 4) is 22.3 Å². The maximum absolute atomic E-state index is 2.71. The molecule has 0 spiro atoms. The van der Waals surface area contributed by atoms with Gasteiger partial charge in [0.1, 0.15) is 0 Å². The van der Waals surface area contributed by atoms with Crippen LogP contribution >= 0.6 is 0 Å². The Bertz CT molecular complexity index is 3210. The number of para-hydroxylation sites is 3. The quantitative estimate of drug-likeness (QED) is 0.161. The molecule has 0 saturated carbocycles. The Kier molecular flexibility index (Phi) is 7.28. The lowest BCUT2D eigenvalue weighted by Gasteiger charge is -2.39. The fourth-order valence-electron chi connectivity index (χ4n) is 11.8. The van der Waals surface area contributed by atoms with Gasteiger partial charge in [-0.3, -0.25) is 0 Å². The Morgan fingerprint density at radius 2 is 0.839 bits per heavy atom. The highest BCUT2D eigenvalue weighted by Crippen LogP contribution is 2.59. The molecule has 2 aliphatic heterocycles. The largest absolute Gasteiger partial charge is 0.332 e. The molecule has 2 heterocycles. The number of benzene rings is 8. The van der Waals surface area contributed by atoms with E-state index < -0.39 is 0 Å². The van der Waals surface area contributed by atoms with E-state index in [0.717, 1.165) is 0 Å². The molecule has 0 N–H and O–H groups in total. The molecule has 0 saturated heterocycles. The van der Waals surface area contributed by atoms with Crippen LogP contribution in [0.1, 0.15) is 66.6 Å². The zero-order valence-electron chi connectivity index (χ0n) is 35.5. The number of hydrogen-bond acceptors (Lipinski definition) is 2. The average Bonchev–Trinajstić information content (AvgIpc) is 3.48. The highest BCUT2D eigenvalue weighted by molar-refractivity contribution is 6.25. The Hall–Kier alpha value is -7.16. The summed E-state index contributed by atoms with van der Waals surface area (Å²) in [4.78, 5) is 5.31. The van der Waals surface area contributed by atoms with E-state index in [2.05, 4.69) is 232 Å². The van der Waals surface area contributed by atoms with Crippen molar-refractivity contribution in [1.82, 2.24) is 0 Å². The minimum Gasteiger partial charge on any atom is -0.332 e. The molecule has 8 aromatic carbocycles. The second kappa shape index (κ2) is 12.7. The number of hydrogen-bond donors (Lipinski definition) is 0. The number of allylic oxidation sites excluding steroid dienone is 2. The molecule has 3 aliphatic carbocycles. The van der Waals surface area contributed by atoms with Crippen LogP contribution in [-0.4, -0.2) is 6.04 Å². The highest BCUT2D eigenvalue weighted by Gasteiger charge is 2.41. The minimum absolute atomic E-state index is 0.0648. The van der Waals surface area contributed by atoms with Crippen LogP contribution in [0, 0.1) is 5.92 Å². The third-order valence-electron chi connectivity index (χ3n) is 14.9. The van der Waals surface area contributed by atoms with Gasteiger partial charge in [0, 0.05) is 44.0 Å². The van der Waals surface area contributed by atoms with Gasteiger partial charge >= 0.3 is 0 Å². The molecule has 2 atom stereocenters. The van der Waals surface area contributed by atoms with Crippen molar-refractivity contribution in [2.24, 2.45) is 5.92 Å². The Labute approximate surface area is 364 Å². The predicted octanol–water partition coefficient (Wildman–Crippen LogP) is 15.8. The van der Waals surface area contributed by atoms with E-state index in [-0.39, 0.29) is 22.8 Å². The van der Waals surface area contributed by atoms with Crippen LogP contribution in [0.2, 0.25) is 0 Å². The summed E-state index contributed by atoms with van der Waals surface area (Å²) in [5.74, 6) is 0.191. The molecule has 5 aliphatic rings. The first-order valence-corrected chi connectivity index (χ1v) is 22.2. The number of nitrogens with zero attached hydrogens (tertiary/aromatic N) is 2. The Balaban J connectivity index is 1.27. The Morgan fingerprint density at radius 3 is 1.40 bits per heavy atom. The molecule has 2 heteroatoms. The summed E-state index contributed by atoms with van der Waals surface area (Å²) in [6.07, 6.45) is 18.6. The first kappa shape index (κ1) is 35.6. The molecule has 8 aromatic rings. The highest BCUT2D eigenvalue weighted by atomic mass is 15.2. The van der Waals surface area contributed by atoms with Gasteiger partial charge in [-0.1, -0.05) is 179 Å². The van der Waals surface area contributed by atoms with Crippen LogP contribution in [-0.2, 0) is 10.8 Å². The van der Waals surface area contributed by atoms with E-state index in [4.69, 9.17) is 0 Å². The molecule has 62 heavy (non-hydrogen) atoms. The molecule has 0 fully saturated rings. The van der Waals surface area contributed by atoms with Crippen LogP contribution in [0.15, 0.2) is 176 Å². The summed E-state index contributed by atoms with van der Waals surface area (Å²) in [6.45, 7) is 9.66. The standard InChI is InChI=1S/C60H46N2/c1-59(2)49-23-11-9-21-41(49)43-33-45-47(35-51(43)59)58(62-55-27-15-7-19-39(55)31-32-40-20-8-16-28-56(40)62)48-36-52-44(42-22-10-12-24-50(42)60(52,3)4)34-46(48)57(45)61-53-25-13-5-17-37(53)29-30-38-18-6-14-26-54(38)61/h5-37,53H,1-4H3. The second-order valence-corrected chi connectivity index (χ2v) is 18.8. The Morgan fingerprint density at radius 1 is 0.387 bits per heavy atom. The van der Waals surface area contributed by atoms with E-state index >= 15 is 0 Å². The van der Waals surface area contributed by atoms with E-state index in [1.54, 1.807) is 0 Å². The molecular weight excluding hydrogens is 749 g/mol. The van der Waals surface area contributed by atoms with Crippen LogP contribution < -0.4 is 9.80 Å². The SMILES string of the molecule is CC1(C)c2ccccc2-c2cc3c(N4c5ccccc5C=CC5C=CC=CC54)c4cc5c(cc4c(N4c6ccccc6C=Cc6ccccc64)c3cc21)C(C)(C)c1ccccc1-5. The summed E-state index contributed by atoms with van der Waals surface area (Å²) in [5.41, 5.74) is 20.2. The van der Waals surface area contributed by atoms with Gasteiger partial charge in [-0.25, -0.2) is 0 Å². The summed E-state index contributed by atoms with van der Waals surface area (Å²) >= 11 is 0. The van der Waals surface area contributed by atoms with E-state index in [0.29, 0.717) is 0 Å². The van der Waals surface area contributed by atoms with Crippen LogP contribution in [0.3, 0.4) is 0 Å². The van der Waals surface area contributed by atoms with E-state index in [1.807, 2.05) is 0 Å². The van der Waals surface area contributed by atoms with Crippen molar-refractivity contribution >= 4 is 68.2 Å². The first-order chi connectivity index (χ1) is 30.3. The smallest absolute Gasteiger partial charge is 0.0623 e. The predicted molar refractivity (Wildman–Crippen MR) is 263 cm³/mol. The molecule has 296 valence electrons. The topological polar surface area (TPSA) is 6.48 Å². The molecule has 2 unspecified atom stereocenters. The van der Waals surface area contributed by atoms with Crippen LogP contribution in [0.5, 0.6) is 0 Å². The molecule has 0 amide bonds. The second-order valence-electron chi connectivity index (χ2n) is 18.8. The van der Waals surface area contributed by atoms with Gasteiger partial charge in [0.2, 0.25) is 0 Å². The van der Waals surface area contributed by atoms with Crippen LogP contribution in [0.25, 0.3) is 62.0 Å². The van der Waals surface area contributed by atoms with Gasteiger partial charge < -0.3 is 9.80 Å². The van der Waals surface area contributed by atoms with Gasteiger partial charge in [0.05, 0.1) is 28.8 Å². The number of rotatable bonds is 2. The average molecular weight is 795 g/mol. The monoisotopic (exact) mass is 794 g/mol. The van der Waals surface area contributed by atoms with Gasteiger partial charge in [-0.05, 0) is 104 Å². The third-order valence-corrected chi connectivity index (χ3v) is 14.9. The van der Waals surface area contributed by atoms with Crippen molar-refractivity contribution in [3.63, 3.8) is 0 Å². The molecule has 0 bridgehead atoms. The summed E-state index contributed by atoms with van der Waals surface area (Å²) < 4.78 is 0. The third kappa shape index (κ3) is 4.75. The van der Waals surface area contributed by atoms with Crippen molar-refractivity contribution in [2.45, 2.75) is 44.6 Å². The minimum atomic E-state index is -0.189.